The van der Waals surface area contributed by atoms with E-state index in [9.17, 15) is 0 Å². The molecule has 2 aromatic heterocycles. The van der Waals surface area contributed by atoms with Gasteiger partial charge in [0.1, 0.15) is 0 Å². The lowest BCUT2D eigenvalue weighted by Crippen LogP contribution is -2.04. The molecule has 0 amide bonds. The number of aromatic nitrogens is 3. The van der Waals surface area contributed by atoms with Crippen LogP contribution in [0.2, 0.25) is 0 Å². The molecule has 4 nitrogen and oxygen atoms in total. The smallest absolute Gasteiger partial charge is 0.155 e. The van der Waals surface area contributed by atoms with E-state index in [1.807, 2.05) is 24.4 Å². The van der Waals surface area contributed by atoms with Crippen molar-refractivity contribution in [2.75, 3.05) is 6.54 Å². The quantitative estimate of drug-likeness (QED) is 0.687. The van der Waals surface area contributed by atoms with Gasteiger partial charge in [0.2, 0.25) is 0 Å². The maximum absolute atomic E-state index is 5.39. The van der Waals surface area contributed by atoms with Crippen LogP contribution in [0.5, 0.6) is 0 Å². The van der Waals surface area contributed by atoms with E-state index in [-0.39, 0.29) is 0 Å². The Bertz CT molecular complexity index is 346. The van der Waals surface area contributed by atoms with Gasteiger partial charge < -0.3 is 5.73 Å². The molecule has 2 N–H and O–H groups in total. The summed E-state index contributed by atoms with van der Waals surface area (Å²) in [4.78, 5) is 4.27. The van der Waals surface area contributed by atoms with E-state index < -0.39 is 0 Å². The fraction of sp³-hybridized carbons (Fsp3) is 0.250. The molecule has 0 bridgehead atoms. The summed E-state index contributed by atoms with van der Waals surface area (Å²) in [5.74, 6) is 0.809. The Morgan fingerprint density at radius 1 is 1.42 bits per heavy atom. The lowest BCUT2D eigenvalue weighted by molar-refractivity contribution is 0.844. The zero-order valence-electron chi connectivity index (χ0n) is 6.64. The van der Waals surface area contributed by atoms with Crippen molar-refractivity contribution in [3.05, 3.63) is 30.2 Å². The fourth-order valence-electron chi connectivity index (χ4n) is 1.11. The topological polar surface area (TPSA) is 56.2 Å². The highest BCUT2D eigenvalue weighted by Crippen LogP contribution is 1.99. The molecule has 0 aliphatic rings. The minimum atomic E-state index is 0.594. The molecule has 0 spiro atoms. The van der Waals surface area contributed by atoms with Gasteiger partial charge in [0, 0.05) is 12.6 Å². The van der Waals surface area contributed by atoms with Crippen molar-refractivity contribution in [3.8, 4) is 0 Å². The fourth-order valence-corrected chi connectivity index (χ4v) is 1.11. The first-order chi connectivity index (χ1) is 5.90. The van der Waals surface area contributed by atoms with Crippen LogP contribution in [0.1, 0.15) is 5.82 Å². The molecule has 0 aliphatic carbocycles. The van der Waals surface area contributed by atoms with Crippen LogP contribution >= 0.6 is 0 Å². The summed E-state index contributed by atoms with van der Waals surface area (Å²) in [7, 11) is 0. The summed E-state index contributed by atoms with van der Waals surface area (Å²) in [5, 5.41) is 4.23. The van der Waals surface area contributed by atoms with Gasteiger partial charge in [-0.15, -0.1) is 0 Å². The van der Waals surface area contributed by atoms with Gasteiger partial charge in [-0.3, -0.25) is 0 Å². The number of nitrogens with two attached hydrogens (primary N) is 1. The van der Waals surface area contributed by atoms with E-state index in [1.165, 1.54) is 0 Å². The summed E-state index contributed by atoms with van der Waals surface area (Å²) >= 11 is 0. The molecule has 2 aromatic rings. The van der Waals surface area contributed by atoms with E-state index in [0.717, 1.165) is 17.9 Å². The normalized spacial score (nSPS) is 10.8. The Morgan fingerprint density at radius 2 is 2.33 bits per heavy atom. The average Bonchev–Trinajstić information content (AvgIpc) is 2.47. The Labute approximate surface area is 70.0 Å². The highest BCUT2D eigenvalue weighted by Gasteiger charge is 1.99. The maximum atomic E-state index is 5.39. The van der Waals surface area contributed by atoms with E-state index in [2.05, 4.69) is 10.1 Å². The van der Waals surface area contributed by atoms with Crippen molar-refractivity contribution in [2.45, 2.75) is 6.42 Å². The van der Waals surface area contributed by atoms with Gasteiger partial charge in [-0.25, -0.2) is 9.50 Å². The molecule has 0 radical (unpaired) electrons. The van der Waals surface area contributed by atoms with Crippen LogP contribution in [0.15, 0.2) is 24.4 Å². The number of pyridine rings is 1. The number of rotatable bonds is 2. The standard InChI is InChI=1S/C8H10N4/c9-5-4-7-10-8-3-1-2-6-12(8)11-7/h1-3,6H,4-5,9H2. The minimum absolute atomic E-state index is 0.594. The molecular weight excluding hydrogens is 152 g/mol. The molecule has 4 heteroatoms. The van der Waals surface area contributed by atoms with Crippen LogP contribution < -0.4 is 5.73 Å². The first-order valence-corrected chi connectivity index (χ1v) is 3.90. The van der Waals surface area contributed by atoms with Gasteiger partial charge in [-0.1, -0.05) is 6.07 Å². The molecule has 62 valence electrons. The van der Waals surface area contributed by atoms with Crippen LogP contribution in [-0.4, -0.2) is 21.1 Å². The highest BCUT2D eigenvalue weighted by molar-refractivity contribution is 5.36. The predicted molar refractivity (Wildman–Crippen MR) is 45.7 cm³/mol. The molecule has 0 aromatic carbocycles. The van der Waals surface area contributed by atoms with Gasteiger partial charge in [0.25, 0.3) is 0 Å². The van der Waals surface area contributed by atoms with Crippen molar-refractivity contribution in [2.24, 2.45) is 5.73 Å². The molecule has 0 atom stereocenters. The van der Waals surface area contributed by atoms with E-state index >= 15 is 0 Å². The second-order valence-corrected chi connectivity index (χ2v) is 2.57. The summed E-state index contributed by atoms with van der Waals surface area (Å²) < 4.78 is 1.75. The zero-order valence-corrected chi connectivity index (χ0v) is 6.64. The molecule has 2 rings (SSSR count). The third-order valence-electron chi connectivity index (χ3n) is 1.65. The number of hydrogen-bond acceptors (Lipinski definition) is 3. The lowest BCUT2D eigenvalue weighted by Gasteiger charge is -1.85. The van der Waals surface area contributed by atoms with Gasteiger partial charge >= 0.3 is 0 Å². The van der Waals surface area contributed by atoms with Crippen LogP contribution in [0.25, 0.3) is 5.65 Å². The van der Waals surface area contributed by atoms with Gasteiger partial charge in [0.05, 0.1) is 0 Å². The molecule has 2 heterocycles. The van der Waals surface area contributed by atoms with Gasteiger partial charge in [-0.05, 0) is 18.7 Å². The predicted octanol–water partition coefficient (Wildman–Crippen LogP) is 0.230. The Balaban J connectivity index is 2.47. The van der Waals surface area contributed by atoms with E-state index in [1.54, 1.807) is 4.52 Å². The third-order valence-corrected chi connectivity index (χ3v) is 1.65. The number of hydrogen-bond donors (Lipinski definition) is 1. The summed E-state index contributed by atoms with van der Waals surface area (Å²) in [6.07, 6.45) is 2.62. The SMILES string of the molecule is NCCc1nc2ccccn2n1. The minimum Gasteiger partial charge on any atom is -0.330 e. The molecule has 0 unspecified atom stereocenters. The van der Waals surface area contributed by atoms with Crippen molar-refractivity contribution in [1.82, 2.24) is 14.6 Å². The van der Waals surface area contributed by atoms with Crippen molar-refractivity contribution >= 4 is 5.65 Å². The van der Waals surface area contributed by atoms with Crippen molar-refractivity contribution < 1.29 is 0 Å². The van der Waals surface area contributed by atoms with Crippen molar-refractivity contribution in [3.63, 3.8) is 0 Å². The van der Waals surface area contributed by atoms with Crippen LogP contribution in [0.3, 0.4) is 0 Å². The summed E-state index contributed by atoms with van der Waals surface area (Å²) in [5.41, 5.74) is 6.27. The van der Waals surface area contributed by atoms with Crippen LogP contribution in [0, 0.1) is 0 Å². The van der Waals surface area contributed by atoms with E-state index in [0.29, 0.717) is 6.54 Å². The van der Waals surface area contributed by atoms with E-state index in [4.69, 9.17) is 5.73 Å². The largest absolute Gasteiger partial charge is 0.330 e. The second-order valence-electron chi connectivity index (χ2n) is 2.57. The van der Waals surface area contributed by atoms with Crippen LogP contribution in [0.4, 0.5) is 0 Å². The molecule has 0 aliphatic heterocycles. The molecule has 0 fully saturated rings. The monoisotopic (exact) mass is 162 g/mol. The Hall–Kier alpha value is -1.42. The van der Waals surface area contributed by atoms with Gasteiger partial charge in [0.15, 0.2) is 11.5 Å². The van der Waals surface area contributed by atoms with Crippen LogP contribution in [-0.2, 0) is 6.42 Å². The molecule has 0 saturated carbocycles. The summed E-state index contributed by atoms with van der Waals surface area (Å²) in [6.45, 7) is 0.594. The summed E-state index contributed by atoms with van der Waals surface area (Å²) in [6, 6.07) is 5.79. The Kier molecular flexibility index (Phi) is 1.75. The average molecular weight is 162 g/mol. The Morgan fingerprint density at radius 3 is 3.08 bits per heavy atom. The first kappa shape index (κ1) is 7.24. The maximum Gasteiger partial charge on any atom is 0.155 e. The lowest BCUT2D eigenvalue weighted by atomic mass is 10.4. The molecule has 0 saturated heterocycles. The third kappa shape index (κ3) is 1.16. The molecule has 12 heavy (non-hydrogen) atoms. The highest BCUT2D eigenvalue weighted by atomic mass is 15.3. The number of fused-ring (bicyclic) bond motifs is 1. The zero-order chi connectivity index (χ0) is 8.39. The first-order valence-electron chi connectivity index (χ1n) is 3.90. The second kappa shape index (κ2) is 2.91. The van der Waals surface area contributed by atoms with Crippen molar-refractivity contribution in [1.29, 1.82) is 0 Å². The van der Waals surface area contributed by atoms with Gasteiger partial charge in [-0.2, -0.15) is 5.10 Å². The number of nitrogens with zero attached hydrogens (tertiary/aromatic N) is 3. The molecular formula is C8H10N4.